The van der Waals surface area contributed by atoms with E-state index in [1.165, 1.54) is 27.0 Å². The second kappa shape index (κ2) is 7.73. The van der Waals surface area contributed by atoms with Crippen molar-refractivity contribution < 1.29 is 38.4 Å². The highest BCUT2D eigenvalue weighted by molar-refractivity contribution is 6.30. The fourth-order valence-electron chi connectivity index (χ4n) is 1.15. The van der Waals surface area contributed by atoms with Crippen molar-refractivity contribution in [3.8, 4) is 11.5 Å². The summed E-state index contributed by atoms with van der Waals surface area (Å²) in [5, 5.41) is 31.4. The molecule has 0 aliphatic heterocycles. The molecule has 0 unspecified atom stereocenters. The zero-order valence-corrected chi connectivity index (χ0v) is 13.1. The van der Waals surface area contributed by atoms with Crippen molar-refractivity contribution in [3.05, 3.63) is 23.8 Å². The first-order chi connectivity index (χ1) is 9.83. The van der Waals surface area contributed by atoms with Crippen molar-refractivity contribution in [1.82, 2.24) is 0 Å². The summed E-state index contributed by atoms with van der Waals surface area (Å²) in [7, 11) is -0.837. The van der Waals surface area contributed by atoms with Gasteiger partial charge in [0.15, 0.2) is 11.6 Å². The number of hydrogen-bond acceptors (Lipinski definition) is 6. The van der Waals surface area contributed by atoms with E-state index < -0.39 is 30.2 Å². The maximum Gasteiger partial charge on any atom is 0.631 e. The Morgan fingerprint density at radius 3 is 1.86 bits per heavy atom. The smallest absolute Gasteiger partial charge is 0.493 e. The van der Waals surface area contributed by atoms with Gasteiger partial charge in [-0.15, -0.1) is 0 Å². The van der Waals surface area contributed by atoms with E-state index in [1.807, 2.05) is 0 Å². The standard InChI is InChI=1S/C13H18F2O3.BH3O3/c1-12(2,16)13(3,4)18-11-9(17-5)7-6-8(14)10(11)15;2-1(3)4/h6-7,16H,1-5H3;2-4H. The van der Waals surface area contributed by atoms with Gasteiger partial charge in [0.1, 0.15) is 5.60 Å². The Kier molecular flexibility index (Phi) is 7.23. The van der Waals surface area contributed by atoms with Crippen LogP contribution in [-0.2, 0) is 0 Å². The molecule has 0 aromatic heterocycles. The predicted molar refractivity (Wildman–Crippen MR) is 76.3 cm³/mol. The van der Waals surface area contributed by atoms with Crippen LogP contribution < -0.4 is 9.47 Å². The Labute approximate surface area is 128 Å². The second-order valence-electron chi connectivity index (χ2n) is 5.41. The summed E-state index contributed by atoms with van der Waals surface area (Å²) < 4.78 is 37.2. The van der Waals surface area contributed by atoms with Gasteiger partial charge in [0.2, 0.25) is 11.6 Å². The lowest BCUT2D eigenvalue weighted by Crippen LogP contribution is -2.49. The third-order valence-electron chi connectivity index (χ3n) is 3.06. The van der Waals surface area contributed by atoms with Crippen molar-refractivity contribution in [2.75, 3.05) is 7.11 Å². The molecule has 0 atom stereocenters. The molecule has 0 spiro atoms. The molecular formula is C13H21BF2O6. The van der Waals surface area contributed by atoms with Gasteiger partial charge in [-0.1, -0.05) is 0 Å². The van der Waals surface area contributed by atoms with E-state index in [9.17, 15) is 13.9 Å². The van der Waals surface area contributed by atoms with Gasteiger partial charge >= 0.3 is 7.32 Å². The average Bonchev–Trinajstić information content (AvgIpc) is 2.33. The minimum atomic E-state index is -2.17. The molecule has 9 heteroatoms. The minimum Gasteiger partial charge on any atom is -0.493 e. The SMILES string of the molecule is COc1ccc(F)c(F)c1OC(C)(C)C(C)(C)O.OB(O)O. The van der Waals surface area contributed by atoms with Gasteiger partial charge in [0.25, 0.3) is 0 Å². The number of rotatable bonds is 4. The number of ether oxygens (including phenoxy) is 2. The largest absolute Gasteiger partial charge is 0.631 e. The van der Waals surface area contributed by atoms with Crippen LogP contribution in [0.4, 0.5) is 8.78 Å². The molecule has 1 rings (SSSR count). The molecule has 0 heterocycles. The van der Waals surface area contributed by atoms with Gasteiger partial charge < -0.3 is 29.7 Å². The van der Waals surface area contributed by atoms with Gasteiger partial charge in [0.05, 0.1) is 12.7 Å². The molecule has 0 aliphatic carbocycles. The Balaban J connectivity index is 0.000000980. The van der Waals surface area contributed by atoms with Gasteiger partial charge in [-0.05, 0) is 39.8 Å². The minimum absolute atomic E-state index is 0.0752. The molecule has 4 N–H and O–H groups in total. The van der Waals surface area contributed by atoms with E-state index in [1.54, 1.807) is 13.8 Å². The molecular weight excluding hydrogens is 301 g/mol. The van der Waals surface area contributed by atoms with Crippen LogP contribution in [0.2, 0.25) is 0 Å². The molecule has 1 aromatic carbocycles. The Hall–Kier alpha value is -1.42. The summed E-state index contributed by atoms with van der Waals surface area (Å²) in [6.07, 6.45) is 0. The number of benzene rings is 1. The Morgan fingerprint density at radius 1 is 1.05 bits per heavy atom. The number of aliphatic hydroxyl groups is 1. The summed E-state index contributed by atoms with van der Waals surface area (Å²) in [5.41, 5.74) is -2.36. The summed E-state index contributed by atoms with van der Waals surface area (Å²) in [6, 6.07) is 2.23. The van der Waals surface area contributed by atoms with Gasteiger partial charge in [-0.2, -0.15) is 4.39 Å². The van der Waals surface area contributed by atoms with Crippen molar-refractivity contribution >= 4 is 7.32 Å². The normalized spacial score (nSPS) is 11.4. The van der Waals surface area contributed by atoms with E-state index in [2.05, 4.69) is 0 Å². The monoisotopic (exact) mass is 322 g/mol. The number of hydrogen-bond donors (Lipinski definition) is 4. The van der Waals surface area contributed by atoms with Crippen LogP contribution >= 0.6 is 0 Å². The molecule has 0 bridgehead atoms. The van der Waals surface area contributed by atoms with Crippen molar-refractivity contribution in [2.45, 2.75) is 38.9 Å². The van der Waals surface area contributed by atoms with Crippen molar-refractivity contribution in [2.24, 2.45) is 0 Å². The van der Waals surface area contributed by atoms with Crippen LogP contribution in [0.5, 0.6) is 11.5 Å². The molecule has 0 saturated heterocycles. The molecule has 6 nitrogen and oxygen atoms in total. The first-order valence-corrected chi connectivity index (χ1v) is 6.31. The molecule has 0 fully saturated rings. The zero-order chi connectivity index (χ0) is 17.7. The van der Waals surface area contributed by atoms with Crippen LogP contribution in [0, 0.1) is 11.6 Å². The molecule has 0 amide bonds. The topological polar surface area (TPSA) is 99.4 Å². The summed E-state index contributed by atoms with van der Waals surface area (Å²) in [4.78, 5) is 0. The summed E-state index contributed by atoms with van der Waals surface area (Å²) in [6.45, 7) is 6.21. The maximum atomic E-state index is 13.7. The fraction of sp³-hybridized carbons (Fsp3) is 0.538. The molecule has 126 valence electrons. The third-order valence-corrected chi connectivity index (χ3v) is 3.06. The first kappa shape index (κ1) is 20.6. The lowest BCUT2D eigenvalue weighted by atomic mass is 9.89. The summed E-state index contributed by atoms with van der Waals surface area (Å²) in [5.74, 6) is -2.43. The predicted octanol–water partition coefficient (Wildman–Crippen LogP) is 0.850. The molecule has 0 saturated carbocycles. The molecule has 22 heavy (non-hydrogen) atoms. The lowest BCUT2D eigenvalue weighted by Gasteiger charge is -2.37. The van der Waals surface area contributed by atoms with E-state index in [4.69, 9.17) is 24.5 Å². The van der Waals surface area contributed by atoms with E-state index in [0.717, 1.165) is 6.07 Å². The highest BCUT2D eigenvalue weighted by atomic mass is 19.2. The highest BCUT2D eigenvalue weighted by Gasteiger charge is 2.39. The fourth-order valence-corrected chi connectivity index (χ4v) is 1.15. The maximum absolute atomic E-state index is 13.7. The van der Waals surface area contributed by atoms with E-state index in [-0.39, 0.29) is 11.5 Å². The third kappa shape index (κ3) is 5.76. The Morgan fingerprint density at radius 2 is 1.50 bits per heavy atom. The van der Waals surface area contributed by atoms with E-state index >= 15 is 0 Å². The lowest BCUT2D eigenvalue weighted by molar-refractivity contribution is -0.0930. The quantitative estimate of drug-likeness (QED) is 0.614. The van der Waals surface area contributed by atoms with Crippen LogP contribution in [0.15, 0.2) is 12.1 Å². The summed E-state index contributed by atoms with van der Waals surface area (Å²) >= 11 is 0. The second-order valence-corrected chi connectivity index (χ2v) is 5.41. The molecule has 0 aliphatic rings. The zero-order valence-electron chi connectivity index (χ0n) is 13.1. The van der Waals surface area contributed by atoms with Crippen LogP contribution in [0.25, 0.3) is 0 Å². The molecule has 1 aromatic rings. The van der Waals surface area contributed by atoms with Gasteiger partial charge in [-0.3, -0.25) is 0 Å². The Bertz CT molecular complexity index is 485. The number of methoxy groups -OCH3 is 1. The van der Waals surface area contributed by atoms with Crippen molar-refractivity contribution in [1.29, 1.82) is 0 Å². The van der Waals surface area contributed by atoms with Crippen LogP contribution in [0.3, 0.4) is 0 Å². The molecule has 0 radical (unpaired) electrons. The first-order valence-electron chi connectivity index (χ1n) is 6.31. The number of halogens is 2. The van der Waals surface area contributed by atoms with Gasteiger partial charge in [0, 0.05) is 0 Å². The average molecular weight is 322 g/mol. The van der Waals surface area contributed by atoms with Crippen LogP contribution in [-0.4, -0.2) is 45.8 Å². The van der Waals surface area contributed by atoms with Gasteiger partial charge in [-0.25, -0.2) is 4.39 Å². The van der Waals surface area contributed by atoms with E-state index in [0.29, 0.717) is 0 Å². The van der Waals surface area contributed by atoms with Crippen LogP contribution in [0.1, 0.15) is 27.7 Å². The highest BCUT2D eigenvalue weighted by Crippen LogP contribution is 2.37. The van der Waals surface area contributed by atoms with Crippen molar-refractivity contribution in [3.63, 3.8) is 0 Å².